The summed E-state index contributed by atoms with van der Waals surface area (Å²) >= 11 is 3.11. The Hall–Kier alpha value is -2.16. The van der Waals surface area contributed by atoms with Gasteiger partial charge in [-0.05, 0) is 36.8 Å². The van der Waals surface area contributed by atoms with E-state index in [9.17, 15) is 4.79 Å². The van der Waals surface area contributed by atoms with Gasteiger partial charge in [0.15, 0.2) is 5.16 Å². The molecule has 8 heteroatoms. The van der Waals surface area contributed by atoms with Crippen molar-refractivity contribution in [3.63, 3.8) is 0 Å². The fourth-order valence-electron chi connectivity index (χ4n) is 3.70. The number of rotatable bonds is 5. The van der Waals surface area contributed by atoms with Gasteiger partial charge in [0.05, 0.1) is 18.2 Å². The molecule has 1 atom stereocenters. The number of hydrogen-bond acceptors (Lipinski definition) is 6. The molecule has 4 heterocycles. The van der Waals surface area contributed by atoms with E-state index in [0.717, 1.165) is 40.6 Å². The third-order valence-corrected chi connectivity index (χ3v) is 6.93. The molecule has 0 radical (unpaired) electrons. The molecular weight excluding hydrogens is 392 g/mol. The smallest absolute Gasteiger partial charge is 0.272 e. The molecule has 0 spiro atoms. The largest absolute Gasteiger partial charge is 0.376 e. The van der Waals surface area contributed by atoms with Crippen molar-refractivity contribution >= 4 is 39.1 Å². The van der Waals surface area contributed by atoms with Crippen LogP contribution in [0.4, 0.5) is 0 Å². The van der Waals surface area contributed by atoms with Crippen molar-refractivity contribution in [3.05, 3.63) is 57.2 Å². The SMILES string of the molecule is Cc1cccc(CSc2nnc3n(CC4CCCO4)c(=O)c4sccc4n23)c1. The highest BCUT2D eigenvalue weighted by Crippen LogP contribution is 2.27. The molecule has 28 heavy (non-hydrogen) atoms. The lowest BCUT2D eigenvalue weighted by molar-refractivity contribution is 0.0969. The maximum absolute atomic E-state index is 13.0. The van der Waals surface area contributed by atoms with Gasteiger partial charge in [0, 0.05) is 12.4 Å². The van der Waals surface area contributed by atoms with E-state index < -0.39 is 0 Å². The molecule has 1 aliphatic rings. The number of aromatic nitrogens is 4. The lowest BCUT2D eigenvalue weighted by Crippen LogP contribution is -2.28. The predicted octanol–water partition coefficient (Wildman–Crippen LogP) is 3.89. The van der Waals surface area contributed by atoms with Gasteiger partial charge >= 0.3 is 0 Å². The molecule has 1 aliphatic heterocycles. The number of nitrogens with zero attached hydrogens (tertiary/aromatic N) is 4. The zero-order chi connectivity index (χ0) is 19.1. The van der Waals surface area contributed by atoms with Gasteiger partial charge in [0.2, 0.25) is 5.78 Å². The first-order valence-electron chi connectivity index (χ1n) is 9.36. The molecule has 1 fully saturated rings. The third-order valence-electron chi connectivity index (χ3n) is 5.04. The Labute approximate surface area is 170 Å². The highest BCUT2D eigenvalue weighted by Gasteiger charge is 2.22. The lowest BCUT2D eigenvalue weighted by atomic mass is 10.2. The van der Waals surface area contributed by atoms with E-state index in [0.29, 0.717) is 12.3 Å². The molecule has 4 aromatic rings. The molecule has 6 nitrogen and oxygen atoms in total. The van der Waals surface area contributed by atoms with Gasteiger partial charge in [-0.3, -0.25) is 13.8 Å². The van der Waals surface area contributed by atoms with Crippen LogP contribution in [-0.2, 0) is 17.0 Å². The molecular formula is C20H20N4O2S2. The van der Waals surface area contributed by atoms with Crippen LogP contribution >= 0.6 is 23.1 Å². The summed E-state index contributed by atoms with van der Waals surface area (Å²) in [7, 11) is 0. The highest BCUT2D eigenvalue weighted by molar-refractivity contribution is 7.98. The van der Waals surface area contributed by atoms with E-state index in [4.69, 9.17) is 4.74 Å². The molecule has 1 saturated heterocycles. The topological polar surface area (TPSA) is 61.4 Å². The molecule has 1 aromatic carbocycles. The van der Waals surface area contributed by atoms with Crippen molar-refractivity contribution in [2.24, 2.45) is 0 Å². The number of thiophene rings is 1. The van der Waals surface area contributed by atoms with Gasteiger partial charge in [-0.2, -0.15) is 0 Å². The summed E-state index contributed by atoms with van der Waals surface area (Å²) in [6, 6.07) is 10.5. The monoisotopic (exact) mass is 412 g/mol. The van der Waals surface area contributed by atoms with Crippen LogP contribution in [0.1, 0.15) is 24.0 Å². The van der Waals surface area contributed by atoms with Crippen LogP contribution in [0.3, 0.4) is 0 Å². The summed E-state index contributed by atoms with van der Waals surface area (Å²) in [5, 5.41) is 11.6. The molecule has 1 unspecified atom stereocenters. The minimum absolute atomic E-state index is 0.00404. The van der Waals surface area contributed by atoms with E-state index in [1.807, 2.05) is 15.8 Å². The standard InChI is InChI=1S/C20H20N4O2S2/c1-13-4-2-5-14(10-13)12-28-20-22-21-19-23(11-15-6-3-8-26-15)18(25)17-16(24(19)20)7-9-27-17/h2,4-5,7,9-10,15H,3,6,8,11-12H2,1H3. The first kappa shape index (κ1) is 17.9. The second-order valence-corrected chi connectivity index (χ2v) is 8.94. The maximum atomic E-state index is 13.0. The molecule has 0 amide bonds. The fraction of sp³-hybridized carbons (Fsp3) is 0.350. The van der Waals surface area contributed by atoms with Crippen molar-refractivity contribution in [2.75, 3.05) is 6.61 Å². The Morgan fingerprint density at radius 3 is 3.07 bits per heavy atom. The van der Waals surface area contributed by atoms with Crippen LogP contribution in [0.5, 0.6) is 0 Å². The van der Waals surface area contributed by atoms with Crippen LogP contribution < -0.4 is 5.56 Å². The van der Waals surface area contributed by atoms with Crippen molar-refractivity contribution in [2.45, 2.75) is 43.3 Å². The Balaban J connectivity index is 1.57. The number of thioether (sulfide) groups is 1. The summed E-state index contributed by atoms with van der Waals surface area (Å²) in [5.74, 6) is 1.40. The average molecular weight is 413 g/mol. The Morgan fingerprint density at radius 2 is 2.25 bits per heavy atom. The summed E-state index contributed by atoms with van der Waals surface area (Å²) in [4.78, 5) is 13.0. The summed E-state index contributed by atoms with van der Waals surface area (Å²) < 4.78 is 10.2. The van der Waals surface area contributed by atoms with E-state index >= 15 is 0 Å². The third kappa shape index (κ3) is 3.15. The summed E-state index contributed by atoms with van der Waals surface area (Å²) in [6.07, 6.45) is 2.09. The minimum atomic E-state index is -0.00404. The summed E-state index contributed by atoms with van der Waals surface area (Å²) in [6.45, 7) is 3.39. The quantitative estimate of drug-likeness (QED) is 0.466. The van der Waals surface area contributed by atoms with Gasteiger partial charge in [0.25, 0.3) is 5.56 Å². The van der Waals surface area contributed by atoms with E-state index in [1.165, 1.54) is 22.5 Å². The zero-order valence-corrected chi connectivity index (χ0v) is 17.1. The number of fused-ring (bicyclic) bond motifs is 3. The second-order valence-electron chi connectivity index (χ2n) is 7.08. The zero-order valence-electron chi connectivity index (χ0n) is 15.5. The maximum Gasteiger partial charge on any atom is 0.272 e. The van der Waals surface area contributed by atoms with Crippen molar-refractivity contribution in [1.82, 2.24) is 19.2 Å². The van der Waals surface area contributed by atoms with Crippen molar-refractivity contribution in [1.29, 1.82) is 0 Å². The van der Waals surface area contributed by atoms with Crippen molar-refractivity contribution < 1.29 is 4.74 Å². The molecule has 0 aliphatic carbocycles. The van der Waals surface area contributed by atoms with Crippen LogP contribution in [0.25, 0.3) is 16.0 Å². The van der Waals surface area contributed by atoms with Gasteiger partial charge in [-0.1, -0.05) is 41.6 Å². The predicted molar refractivity (Wildman–Crippen MR) is 112 cm³/mol. The Kier molecular flexibility index (Phi) is 4.70. The van der Waals surface area contributed by atoms with Gasteiger partial charge < -0.3 is 4.74 Å². The molecule has 144 valence electrons. The normalized spacial score (nSPS) is 17.1. The molecule has 0 saturated carbocycles. The van der Waals surface area contributed by atoms with Gasteiger partial charge in [-0.25, -0.2) is 0 Å². The van der Waals surface area contributed by atoms with Crippen LogP contribution in [0, 0.1) is 6.92 Å². The second kappa shape index (κ2) is 7.35. The number of ether oxygens (including phenoxy) is 1. The van der Waals surface area contributed by atoms with Gasteiger partial charge in [0.1, 0.15) is 4.70 Å². The summed E-state index contributed by atoms with van der Waals surface area (Å²) in [5.41, 5.74) is 3.37. The van der Waals surface area contributed by atoms with E-state index in [-0.39, 0.29) is 11.7 Å². The van der Waals surface area contributed by atoms with Crippen LogP contribution in [0.2, 0.25) is 0 Å². The van der Waals surface area contributed by atoms with Crippen molar-refractivity contribution in [3.8, 4) is 0 Å². The Morgan fingerprint density at radius 1 is 1.32 bits per heavy atom. The average Bonchev–Trinajstić information content (AvgIpc) is 3.43. The number of hydrogen-bond donors (Lipinski definition) is 0. The molecule has 3 aromatic heterocycles. The first-order valence-corrected chi connectivity index (χ1v) is 11.2. The molecule has 0 N–H and O–H groups in total. The van der Waals surface area contributed by atoms with Crippen LogP contribution in [0.15, 0.2) is 45.7 Å². The van der Waals surface area contributed by atoms with Gasteiger partial charge in [-0.15, -0.1) is 21.5 Å². The minimum Gasteiger partial charge on any atom is -0.376 e. The van der Waals surface area contributed by atoms with E-state index in [2.05, 4.69) is 41.4 Å². The first-order chi connectivity index (χ1) is 13.7. The number of aryl methyl sites for hydroxylation is 1. The molecule has 5 rings (SSSR count). The molecule has 0 bridgehead atoms. The Bertz CT molecular complexity index is 1200. The lowest BCUT2D eigenvalue weighted by Gasteiger charge is -2.13. The fourth-order valence-corrected chi connectivity index (χ4v) is 5.41. The van der Waals surface area contributed by atoms with Crippen LogP contribution in [-0.4, -0.2) is 31.9 Å². The highest BCUT2D eigenvalue weighted by atomic mass is 32.2. The van der Waals surface area contributed by atoms with E-state index in [1.54, 1.807) is 16.3 Å². The number of benzene rings is 1.